The van der Waals surface area contributed by atoms with Crippen molar-refractivity contribution in [1.82, 2.24) is 15.1 Å². The number of carbonyl (C=O) groups excluding carboxylic acids is 2. The summed E-state index contributed by atoms with van der Waals surface area (Å²) in [7, 11) is 0. The molecule has 0 unspecified atom stereocenters. The summed E-state index contributed by atoms with van der Waals surface area (Å²) in [5.41, 5.74) is 2.43. The highest BCUT2D eigenvalue weighted by Gasteiger charge is 2.22. The minimum atomic E-state index is -0.275. The first-order chi connectivity index (χ1) is 14.9. The zero-order chi connectivity index (χ0) is 22.2. The molecule has 0 aromatic heterocycles. The van der Waals surface area contributed by atoms with Crippen molar-refractivity contribution in [3.8, 4) is 5.75 Å². The smallest absolute Gasteiger partial charge is 0.319 e. The molecule has 0 radical (unpaired) electrons. The van der Waals surface area contributed by atoms with Crippen LogP contribution in [0.5, 0.6) is 5.75 Å². The number of rotatable bonds is 7. The van der Waals surface area contributed by atoms with Gasteiger partial charge in [-0.3, -0.25) is 9.69 Å². The molecule has 2 aromatic rings. The van der Waals surface area contributed by atoms with E-state index in [1.807, 2.05) is 37.8 Å². The van der Waals surface area contributed by atoms with Crippen LogP contribution in [0.3, 0.4) is 0 Å². The van der Waals surface area contributed by atoms with E-state index in [-0.39, 0.29) is 18.0 Å². The van der Waals surface area contributed by atoms with Crippen LogP contribution >= 0.6 is 0 Å². The Morgan fingerprint density at radius 2 is 1.74 bits per heavy atom. The molecule has 7 nitrogen and oxygen atoms in total. The van der Waals surface area contributed by atoms with E-state index in [0.717, 1.165) is 25.4 Å². The Kier molecular flexibility index (Phi) is 7.89. The minimum Gasteiger partial charge on any atom is -0.494 e. The largest absolute Gasteiger partial charge is 0.494 e. The molecule has 166 valence electrons. The highest BCUT2D eigenvalue weighted by atomic mass is 16.5. The second-order valence-corrected chi connectivity index (χ2v) is 7.98. The molecular formula is C24H32N4O3. The summed E-state index contributed by atoms with van der Waals surface area (Å²) in [6.45, 7) is 10.3. The SMILES string of the molecule is CCOc1ccc(CN2CCN(C(=O)c3cccc(NC(=O)NC(C)C)c3)CC2)cc1. The quantitative estimate of drug-likeness (QED) is 0.713. The Hall–Kier alpha value is -3.06. The van der Waals surface area contributed by atoms with Crippen molar-refractivity contribution in [3.63, 3.8) is 0 Å². The molecule has 1 saturated heterocycles. The van der Waals surface area contributed by atoms with Crippen LogP contribution in [-0.4, -0.2) is 60.6 Å². The molecular weight excluding hydrogens is 392 g/mol. The van der Waals surface area contributed by atoms with Gasteiger partial charge in [-0.25, -0.2) is 4.79 Å². The predicted octanol–water partition coefficient (Wildman–Crippen LogP) is 3.57. The Labute approximate surface area is 184 Å². The second kappa shape index (κ2) is 10.8. The van der Waals surface area contributed by atoms with Crippen LogP contribution in [-0.2, 0) is 6.54 Å². The fraction of sp³-hybridized carbons (Fsp3) is 0.417. The fourth-order valence-corrected chi connectivity index (χ4v) is 3.57. The minimum absolute atomic E-state index is 0.00589. The van der Waals surface area contributed by atoms with E-state index in [4.69, 9.17) is 4.74 Å². The lowest BCUT2D eigenvalue weighted by molar-refractivity contribution is 0.0628. The van der Waals surface area contributed by atoms with Crippen molar-refractivity contribution >= 4 is 17.6 Å². The molecule has 0 bridgehead atoms. The van der Waals surface area contributed by atoms with Gasteiger partial charge in [-0.2, -0.15) is 0 Å². The van der Waals surface area contributed by atoms with Gasteiger partial charge in [0, 0.05) is 50.0 Å². The summed E-state index contributed by atoms with van der Waals surface area (Å²) in [6, 6.07) is 15.1. The third-order valence-electron chi connectivity index (χ3n) is 5.09. The van der Waals surface area contributed by atoms with Crippen LogP contribution in [0.2, 0.25) is 0 Å². The predicted molar refractivity (Wildman–Crippen MR) is 123 cm³/mol. The van der Waals surface area contributed by atoms with Crippen molar-refractivity contribution in [2.75, 3.05) is 38.1 Å². The number of piperazine rings is 1. The zero-order valence-corrected chi connectivity index (χ0v) is 18.6. The number of hydrogen-bond acceptors (Lipinski definition) is 4. The van der Waals surface area contributed by atoms with Gasteiger partial charge in [-0.1, -0.05) is 18.2 Å². The number of carbonyl (C=O) groups is 2. The maximum atomic E-state index is 12.9. The molecule has 7 heteroatoms. The average molecular weight is 425 g/mol. The van der Waals surface area contributed by atoms with Gasteiger partial charge < -0.3 is 20.3 Å². The Morgan fingerprint density at radius 3 is 2.39 bits per heavy atom. The molecule has 2 N–H and O–H groups in total. The highest BCUT2D eigenvalue weighted by molar-refractivity contribution is 5.97. The highest BCUT2D eigenvalue weighted by Crippen LogP contribution is 2.17. The third-order valence-corrected chi connectivity index (χ3v) is 5.09. The molecule has 0 atom stereocenters. The first kappa shape index (κ1) is 22.6. The normalized spacial score (nSPS) is 14.4. The summed E-state index contributed by atoms with van der Waals surface area (Å²) >= 11 is 0. The van der Waals surface area contributed by atoms with Crippen molar-refractivity contribution in [2.45, 2.75) is 33.4 Å². The molecule has 31 heavy (non-hydrogen) atoms. The molecule has 1 fully saturated rings. The number of urea groups is 1. The number of hydrogen-bond donors (Lipinski definition) is 2. The van der Waals surface area contributed by atoms with Gasteiger partial charge in [-0.15, -0.1) is 0 Å². The summed E-state index contributed by atoms with van der Waals surface area (Å²) in [6.07, 6.45) is 0. The van der Waals surface area contributed by atoms with Crippen LogP contribution < -0.4 is 15.4 Å². The van der Waals surface area contributed by atoms with Gasteiger partial charge in [0.15, 0.2) is 0 Å². The van der Waals surface area contributed by atoms with Gasteiger partial charge in [0.2, 0.25) is 0 Å². The van der Waals surface area contributed by atoms with E-state index in [2.05, 4.69) is 27.7 Å². The summed E-state index contributed by atoms with van der Waals surface area (Å²) in [5, 5.41) is 5.56. The molecule has 1 heterocycles. The first-order valence-electron chi connectivity index (χ1n) is 10.9. The van der Waals surface area contributed by atoms with Crippen LogP contribution in [0.25, 0.3) is 0 Å². The molecule has 3 rings (SSSR count). The summed E-state index contributed by atoms with van der Waals surface area (Å²) in [5.74, 6) is 0.883. The van der Waals surface area contributed by atoms with E-state index in [1.54, 1.807) is 24.3 Å². The van der Waals surface area contributed by atoms with Crippen molar-refractivity contribution < 1.29 is 14.3 Å². The average Bonchev–Trinajstić information content (AvgIpc) is 2.75. The van der Waals surface area contributed by atoms with Gasteiger partial charge in [0.1, 0.15) is 5.75 Å². The molecule has 3 amide bonds. The van der Waals surface area contributed by atoms with Gasteiger partial charge in [-0.05, 0) is 56.7 Å². The monoisotopic (exact) mass is 424 g/mol. The van der Waals surface area contributed by atoms with E-state index in [0.29, 0.717) is 30.9 Å². The molecule has 1 aliphatic heterocycles. The maximum absolute atomic E-state index is 12.9. The van der Waals surface area contributed by atoms with E-state index < -0.39 is 0 Å². The number of benzene rings is 2. The Morgan fingerprint density at radius 1 is 1.03 bits per heavy atom. The lowest BCUT2D eigenvalue weighted by Crippen LogP contribution is -2.48. The first-order valence-corrected chi connectivity index (χ1v) is 10.9. The van der Waals surface area contributed by atoms with Crippen molar-refractivity contribution in [2.24, 2.45) is 0 Å². The van der Waals surface area contributed by atoms with E-state index in [1.165, 1.54) is 5.56 Å². The van der Waals surface area contributed by atoms with Crippen molar-refractivity contribution in [1.29, 1.82) is 0 Å². The number of ether oxygens (including phenoxy) is 1. The van der Waals surface area contributed by atoms with E-state index >= 15 is 0 Å². The van der Waals surface area contributed by atoms with Crippen LogP contribution in [0.15, 0.2) is 48.5 Å². The number of amides is 3. The molecule has 2 aromatic carbocycles. The lowest BCUT2D eigenvalue weighted by Gasteiger charge is -2.34. The summed E-state index contributed by atoms with van der Waals surface area (Å²) < 4.78 is 5.50. The van der Waals surface area contributed by atoms with Crippen LogP contribution in [0.1, 0.15) is 36.7 Å². The summed E-state index contributed by atoms with van der Waals surface area (Å²) in [4.78, 5) is 29.1. The molecule has 1 aliphatic rings. The van der Waals surface area contributed by atoms with Gasteiger partial charge in [0.25, 0.3) is 5.91 Å². The van der Waals surface area contributed by atoms with Crippen LogP contribution in [0.4, 0.5) is 10.5 Å². The molecule has 0 spiro atoms. The number of nitrogens with one attached hydrogen (secondary N) is 2. The topological polar surface area (TPSA) is 73.9 Å². The van der Waals surface area contributed by atoms with Gasteiger partial charge >= 0.3 is 6.03 Å². The zero-order valence-electron chi connectivity index (χ0n) is 18.6. The van der Waals surface area contributed by atoms with E-state index in [9.17, 15) is 9.59 Å². The maximum Gasteiger partial charge on any atom is 0.319 e. The Bertz CT molecular complexity index is 875. The fourth-order valence-electron chi connectivity index (χ4n) is 3.57. The standard InChI is InChI=1S/C24H32N4O3/c1-4-31-22-10-8-19(9-11-22)17-27-12-14-28(15-13-27)23(29)20-6-5-7-21(16-20)26-24(30)25-18(2)3/h5-11,16,18H,4,12-15,17H2,1-3H3,(H2,25,26,30). The Balaban J connectivity index is 1.51. The lowest BCUT2D eigenvalue weighted by atomic mass is 10.1. The van der Waals surface area contributed by atoms with Gasteiger partial charge in [0.05, 0.1) is 6.61 Å². The molecule has 0 aliphatic carbocycles. The van der Waals surface area contributed by atoms with Crippen molar-refractivity contribution in [3.05, 3.63) is 59.7 Å². The number of anilines is 1. The third kappa shape index (κ3) is 6.72. The molecule has 0 saturated carbocycles. The second-order valence-electron chi connectivity index (χ2n) is 7.98. The van der Waals surface area contributed by atoms with Crippen LogP contribution in [0, 0.1) is 0 Å². The number of nitrogens with zero attached hydrogens (tertiary/aromatic N) is 2.